The molecule has 1 saturated heterocycles. The van der Waals surface area contributed by atoms with Crippen molar-refractivity contribution in [3.05, 3.63) is 75.6 Å². The summed E-state index contributed by atoms with van der Waals surface area (Å²) in [6.45, 7) is 1.53. The second kappa shape index (κ2) is 8.78. The number of benzene rings is 2. The lowest BCUT2D eigenvalue weighted by Crippen LogP contribution is -2.36. The van der Waals surface area contributed by atoms with Gasteiger partial charge >= 0.3 is 0 Å². The van der Waals surface area contributed by atoms with Crippen LogP contribution in [0.15, 0.2) is 48.8 Å². The molecule has 0 radical (unpaired) electrons. The summed E-state index contributed by atoms with van der Waals surface area (Å²) < 4.78 is 31.0. The molecule has 1 N–H and O–H groups in total. The number of fused-ring (bicyclic) bond motifs is 3. The molecular weight excluding hydrogens is 477 g/mol. The Balaban J connectivity index is 1.23. The highest BCUT2D eigenvalue weighted by atomic mass is 35.5. The fraction of sp³-hybridized carbons (Fsp3) is 0.280. The molecular formula is C25H21ClFN3O3S. The molecule has 1 spiro atoms. The predicted molar refractivity (Wildman–Crippen MR) is 130 cm³/mol. The van der Waals surface area contributed by atoms with Crippen LogP contribution < -0.4 is 10.1 Å². The maximum Gasteiger partial charge on any atom is 0.173 e. The Kier molecular flexibility index (Phi) is 5.61. The molecule has 1 aliphatic carbocycles. The van der Waals surface area contributed by atoms with Crippen molar-refractivity contribution in [3.63, 3.8) is 0 Å². The molecule has 2 aliphatic rings. The van der Waals surface area contributed by atoms with E-state index in [4.69, 9.17) is 25.8 Å². The van der Waals surface area contributed by atoms with Gasteiger partial charge in [0.25, 0.3) is 0 Å². The second-order valence-corrected chi connectivity index (χ2v) is 9.87. The van der Waals surface area contributed by atoms with E-state index in [1.54, 1.807) is 35.9 Å². The summed E-state index contributed by atoms with van der Waals surface area (Å²) in [4.78, 5) is 11.2. The molecule has 174 valence electrons. The third-order valence-electron chi connectivity index (χ3n) is 6.15. The van der Waals surface area contributed by atoms with E-state index < -0.39 is 5.79 Å². The summed E-state index contributed by atoms with van der Waals surface area (Å²) in [5.74, 6) is 0.497. The molecule has 9 heteroatoms. The van der Waals surface area contributed by atoms with E-state index >= 15 is 0 Å². The first kappa shape index (κ1) is 21.7. The fourth-order valence-corrected chi connectivity index (χ4v) is 6.06. The highest BCUT2D eigenvalue weighted by molar-refractivity contribution is 7.19. The highest BCUT2D eigenvalue weighted by Crippen LogP contribution is 2.44. The first-order valence-corrected chi connectivity index (χ1v) is 12.2. The number of ether oxygens (including phenoxy) is 3. The van der Waals surface area contributed by atoms with Crippen LogP contribution in [0.5, 0.6) is 5.75 Å². The summed E-state index contributed by atoms with van der Waals surface area (Å²) in [6.07, 6.45) is 3.99. The van der Waals surface area contributed by atoms with Gasteiger partial charge in [0.1, 0.15) is 35.1 Å². The van der Waals surface area contributed by atoms with Gasteiger partial charge in [0.2, 0.25) is 0 Å². The van der Waals surface area contributed by atoms with Crippen LogP contribution >= 0.6 is 22.9 Å². The van der Waals surface area contributed by atoms with Gasteiger partial charge in [0.15, 0.2) is 5.79 Å². The van der Waals surface area contributed by atoms with Crippen LogP contribution in [0.25, 0.3) is 10.2 Å². The van der Waals surface area contributed by atoms with Crippen molar-refractivity contribution in [2.45, 2.75) is 31.7 Å². The van der Waals surface area contributed by atoms with Gasteiger partial charge in [-0.2, -0.15) is 0 Å². The molecule has 6 rings (SSSR count). The van der Waals surface area contributed by atoms with Crippen molar-refractivity contribution in [1.82, 2.24) is 9.97 Å². The van der Waals surface area contributed by atoms with E-state index in [-0.39, 0.29) is 12.4 Å². The zero-order valence-electron chi connectivity index (χ0n) is 18.1. The maximum absolute atomic E-state index is 13.4. The van der Waals surface area contributed by atoms with E-state index in [1.807, 2.05) is 12.1 Å². The molecule has 2 aromatic carbocycles. The monoisotopic (exact) mass is 497 g/mol. The van der Waals surface area contributed by atoms with Crippen LogP contribution in [-0.4, -0.2) is 29.0 Å². The largest absolute Gasteiger partial charge is 0.487 e. The lowest BCUT2D eigenvalue weighted by Gasteiger charge is -2.31. The molecule has 0 amide bonds. The van der Waals surface area contributed by atoms with Crippen molar-refractivity contribution < 1.29 is 18.6 Å². The number of aryl methyl sites for hydroxylation is 1. The third kappa shape index (κ3) is 4.11. The number of hydrogen-bond donors (Lipinski definition) is 1. The molecule has 2 aromatic heterocycles. The van der Waals surface area contributed by atoms with Crippen molar-refractivity contribution in [2.75, 3.05) is 18.5 Å². The van der Waals surface area contributed by atoms with Crippen LogP contribution in [0.2, 0.25) is 5.02 Å². The van der Waals surface area contributed by atoms with Crippen LogP contribution in [0.4, 0.5) is 15.9 Å². The smallest absolute Gasteiger partial charge is 0.173 e. The number of nitrogens with zero attached hydrogens (tertiary/aromatic N) is 2. The summed E-state index contributed by atoms with van der Waals surface area (Å²) in [7, 11) is 0. The van der Waals surface area contributed by atoms with Crippen molar-refractivity contribution in [3.8, 4) is 5.75 Å². The normalized spacial score (nSPS) is 16.6. The minimum atomic E-state index is -0.482. The van der Waals surface area contributed by atoms with Gasteiger partial charge in [0, 0.05) is 23.4 Å². The Morgan fingerprint density at radius 3 is 2.85 bits per heavy atom. The molecule has 0 bridgehead atoms. The molecule has 0 saturated carbocycles. The maximum atomic E-state index is 13.4. The van der Waals surface area contributed by atoms with Crippen molar-refractivity contribution in [1.29, 1.82) is 0 Å². The Morgan fingerprint density at radius 1 is 1.15 bits per heavy atom. The zero-order chi connectivity index (χ0) is 23.1. The molecule has 1 fully saturated rings. The molecule has 4 aromatic rings. The molecule has 1 aliphatic heterocycles. The Labute approximate surface area is 204 Å². The molecule has 3 heterocycles. The van der Waals surface area contributed by atoms with Gasteiger partial charge in [-0.15, -0.1) is 11.3 Å². The Morgan fingerprint density at radius 2 is 2.03 bits per heavy atom. The molecule has 6 nitrogen and oxygen atoms in total. The van der Waals surface area contributed by atoms with Crippen molar-refractivity contribution >= 4 is 44.7 Å². The Hall–Kier alpha value is -2.78. The number of hydrogen-bond acceptors (Lipinski definition) is 7. The quantitative estimate of drug-likeness (QED) is 0.363. The summed E-state index contributed by atoms with van der Waals surface area (Å²) in [6, 6.07) is 11.8. The van der Waals surface area contributed by atoms with Crippen LogP contribution in [0, 0.1) is 5.82 Å². The lowest BCUT2D eigenvalue weighted by atomic mass is 9.92. The predicted octanol–water partition coefficient (Wildman–Crippen LogP) is 6.04. The lowest BCUT2D eigenvalue weighted by molar-refractivity contribution is -0.163. The molecule has 0 unspecified atom stereocenters. The standard InChI is InChI=1S/C25H21ClFN3O3S/c26-19-11-17(4-5-20(19)31-13-15-2-1-3-16(27)10-15)30-23-22-18-6-7-25(32-8-9-33-25)12-21(18)34-24(22)29-14-28-23/h1-5,10-11,14H,6-9,12-13H2,(H,28,29,30). The average molecular weight is 498 g/mol. The van der Waals surface area contributed by atoms with Gasteiger partial charge < -0.3 is 19.5 Å². The average Bonchev–Trinajstić information content (AvgIpc) is 3.43. The number of halogens is 2. The van der Waals surface area contributed by atoms with Gasteiger partial charge in [-0.25, -0.2) is 14.4 Å². The van der Waals surface area contributed by atoms with Crippen LogP contribution in [0.3, 0.4) is 0 Å². The number of anilines is 2. The number of thiophene rings is 1. The van der Waals surface area contributed by atoms with Gasteiger partial charge in [-0.05, 0) is 47.9 Å². The number of aromatic nitrogens is 2. The van der Waals surface area contributed by atoms with E-state index in [1.165, 1.54) is 22.6 Å². The van der Waals surface area contributed by atoms with Crippen LogP contribution in [0.1, 0.15) is 22.4 Å². The van der Waals surface area contributed by atoms with E-state index in [9.17, 15) is 4.39 Å². The van der Waals surface area contributed by atoms with Gasteiger partial charge in [0.05, 0.1) is 23.6 Å². The highest BCUT2D eigenvalue weighted by Gasteiger charge is 2.41. The third-order valence-corrected chi connectivity index (χ3v) is 7.58. The van der Waals surface area contributed by atoms with Gasteiger partial charge in [-0.1, -0.05) is 23.7 Å². The first-order chi connectivity index (χ1) is 16.6. The van der Waals surface area contributed by atoms with Gasteiger partial charge in [-0.3, -0.25) is 0 Å². The van der Waals surface area contributed by atoms with Crippen LogP contribution in [-0.2, 0) is 28.9 Å². The molecule has 0 atom stereocenters. The minimum absolute atomic E-state index is 0.229. The molecule has 34 heavy (non-hydrogen) atoms. The van der Waals surface area contributed by atoms with E-state index in [2.05, 4.69) is 15.3 Å². The number of nitrogens with one attached hydrogen (secondary N) is 1. The number of rotatable bonds is 5. The topological polar surface area (TPSA) is 65.5 Å². The zero-order valence-corrected chi connectivity index (χ0v) is 19.7. The fourth-order valence-electron chi connectivity index (χ4n) is 4.55. The Bertz CT molecular complexity index is 1370. The summed E-state index contributed by atoms with van der Waals surface area (Å²) in [5.41, 5.74) is 2.78. The summed E-state index contributed by atoms with van der Waals surface area (Å²) in [5, 5.41) is 4.89. The van der Waals surface area contributed by atoms with E-state index in [0.717, 1.165) is 46.5 Å². The minimum Gasteiger partial charge on any atom is -0.487 e. The SMILES string of the molecule is Fc1cccc(COc2ccc(Nc3ncnc4sc5c(c34)CCC3(C5)OCCO3)cc2Cl)c1. The summed E-state index contributed by atoms with van der Waals surface area (Å²) >= 11 is 8.15. The van der Waals surface area contributed by atoms with E-state index in [0.29, 0.717) is 24.0 Å². The van der Waals surface area contributed by atoms with Crippen molar-refractivity contribution in [2.24, 2.45) is 0 Å². The second-order valence-electron chi connectivity index (χ2n) is 8.38. The first-order valence-electron chi connectivity index (χ1n) is 11.1.